The van der Waals surface area contributed by atoms with Gasteiger partial charge >= 0.3 is 0 Å². The Balaban J connectivity index is 1.67. The predicted octanol–water partition coefficient (Wildman–Crippen LogP) is 3.86. The molecule has 0 radical (unpaired) electrons. The van der Waals surface area contributed by atoms with E-state index >= 15 is 0 Å². The Kier molecular flexibility index (Phi) is 5.32. The Labute approximate surface area is 145 Å². The summed E-state index contributed by atoms with van der Waals surface area (Å²) in [6, 6.07) is 10.2. The maximum Gasteiger partial charge on any atom is 0.237 e. The maximum atomic E-state index is 5.47. The summed E-state index contributed by atoms with van der Waals surface area (Å²) >= 11 is 1.57. The van der Waals surface area contributed by atoms with Crippen LogP contribution in [-0.4, -0.2) is 26.3 Å². The van der Waals surface area contributed by atoms with Gasteiger partial charge in [-0.1, -0.05) is 47.3 Å². The van der Waals surface area contributed by atoms with E-state index in [1.807, 2.05) is 45.3 Å². The molecule has 7 heteroatoms. The van der Waals surface area contributed by atoms with Crippen LogP contribution >= 0.6 is 11.8 Å². The molecule has 0 N–H and O–H groups in total. The summed E-state index contributed by atoms with van der Waals surface area (Å²) in [7, 11) is 2.01. The summed E-state index contributed by atoms with van der Waals surface area (Å²) < 4.78 is 12.8. The predicted molar refractivity (Wildman–Crippen MR) is 92.5 cm³/mol. The lowest BCUT2D eigenvalue weighted by Crippen LogP contribution is -2.01. The lowest BCUT2D eigenvalue weighted by molar-refractivity contribution is 0.0683. The van der Waals surface area contributed by atoms with Crippen LogP contribution in [-0.2, 0) is 17.5 Å². The van der Waals surface area contributed by atoms with Crippen molar-refractivity contribution in [2.45, 2.75) is 30.9 Å². The van der Waals surface area contributed by atoms with E-state index in [4.69, 9.17) is 9.26 Å². The minimum absolute atomic E-state index is 0.157. The molecule has 0 saturated heterocycles. The summed E-state index contributed by atoms with van der Waals surface area (Å²) in [4.78, 5) is 8.87. The molecule has 0 amide bonds. The number of hydrogen-bond donors (Lipinski definition) is 0. The lowest BCUT2D eigenvalue weighted by atomic mass is 10.2. The van der Waals surface area contributed by atoms with Gasteiger partial charge in [-0.15, -0.1) is 0 Å². The largest absolute Gasteiger partial charge is 0.371 e. The molecule has 0 fully saturated rings. The second kappa shape index (κ2) is 7.63. The van der Waals surface area contributed by atoms with Crippen LogP contribution in [0, 0.1) is 0 Å². The Bertz CT molecular complexity index is 785. The van der Waals surface area contributed by atoms with Crippen molar-refractivity contribution in [1.29, 1.82) is 0 Å². The summed E-state index contributed by atoms with van der Waals surface area (Å²) in [6.07, 6.45) is 1.73. The standard InChI is InChI=1S/C17H20N4O2S/c1-4-22-12(2)16-19-15(23-20-16)11-24-17-18-10-14(21(17)3)13-8-6-5-7-9-13/h5-10,12H,4,11H2,1-3H3. The highest BCUT2D eigenvalue weighted by Crippen LogP contribution is 2.26. The average Bonchev–Trinajstić information content (AvgIpc) is 3.21. The summed E-state index contributed by atoms with van der Waals surface area (Å²) in [6.45, 7) is 4.48. The molecule has 126 valence electrons. The first-order valence-corrected chi connectivity index (χ1v) is 8.81. The van der Waals surface area contributed by atoms with Crippen molar-refractivity contribution >= 4 is 11.8 Å². The van der Waals surface area contributed by atoms with Crippen molar-refractivity contribution in [3.63, 3.8) is 0 Å². The van der Waals surface area contributed by atoms with Crippen LogP contribution in [0.3, 0.4) is 0 Å². The highest BCUT2D eigenvalue weighted by Gasteiger charge is 2.15. The fourth-order valence-electron chi connectivity index (χ4n) is 2.35. The SMILES string of the molecule is CCOC(C)c1noc(CSc2ncc(-c3ccccc3)n2C)n1. The van der Waals surface area contributed by atoms with E-state index in [9.17, 15) is 0 Å². The van der Waals surface area contributed by atoms with Crippen LogP contribution in [0.4, 0.5) is 0 Å². The van der Waals surface area contributed by atoms with Gasteiger partial charge < -0.3 is 13.8 Å². The van der Waals surface area contributed by atoms with Crippen molar-refractivity contribution in [3.05, 3.63) is 48.2 Å². The van der Waals surface area contributed by atoms with E-state index in [0.29, 0.717) is 24.1 Å². The van der Waals surface area contributed by atoms with Crippen molar-refractivity contribution in [1.82, 2.24) is 19.7 Å². The van der Waals surface area contributed by atoms with E-state index in [1.54, 1.807) is 11.8 Å². The Morgan fingerprint density at radius 3 is 2.83 bits per heavy atom. The number of aromatic nitrogens is 4. The highest BCUT2D eigenvalue weighted by molar-refractivity contribution is 7.98. The van der Waals surface area contributed by atoms with Crippen molar-refractivity contribution < 1.29 is 9.26 Å². The third-order valence-corrected chi connectivity index (χ3v) is 4.63. The molecule has 3 rings (SSSR count). The molecule has 0 saturated carbocycles. The number of hydrogen-bond acceptors (Lipinski definition) is 6. The van der Waals surface area contributed by atoms with E-state index in [0.717, 1.165) is 16.4 Å². The Morgan fingerprint density at radius 2 is 2.08 bits per heavy atom. The Morgan fingerprint density at radius 1 is 1.29 bits per heavy atom. The molecule has 1 unspecified atom stereocenters. The van der Waals surface area contributed by atoms with E-state index < -0.39 is 0 Å². The average molecular weight is 344 g/mol. The van der Waals surface area contributed by atoms with Crippen molar-refractivity contribution in [2.24, 2.45) is 7.05 Å². The third-order valence-electron chi connectivity index (χ3n) is 3.60. The first-order chi connectivity index (χ1) is 11.7. The Hall–Kier alpha value is -2.12. The van der Waals surface area contributed by atoms with Crippen LogP contribution in [0.25, 0.3) is 11.3 Å². The minimum atomic E-state index is -0.157. The molecule has 2 aromatic heterocycles. The zero-order valence-electron chi connectivity index (χ0n) is 14.0. The fourth-order valence-corrected chi connectivity index (χ4v) is 3.14. The monoisotopic (exact) mass is 344 g/mol. The molecule has 0 bridgehead atoms. The lowest BCUT2D eigenvalue weighted by Gasteiger charge is -2.05. The van der Waals surface area contributed by atoms with Gasteiger partial charge in [0, 0.05) is 13.7 Å². The molecule has 1 atom stereocenters. The van der Waals surface area contributed by atoms with E-state index in [2.05, 4.69) is 31.8 Å². The summed E-state index contributed by atoms with van der Waals surface area (Å²) in [5, 5.41) is 4.88. The van der Waals surface area contributed by atoms with Crippen LogP contribution in [0.15, 0.2) is 46.2 Å². The van der Waals surface area contributed by atoms with Gasteiger partial charge in [-0.3, -0.25) is 0 Å². The topological polar surface area (TPSA) is 66.0 Å². The molecule has 0 spiro atoms. The van der Waals surface area contributed by atoms with E-state index in [-0.39, 0.29) is 6.10 Å². The number of rotatable bonds is 7. The molecule has 0 aliphatic rings. The van der Waals surface area contributed by atoms with Gasteiger partial charge in [0.05, 0.1) is 17.6 Å². The number of ether oxygens (including phenoxy) is 1. The van der Waals surface area contributed by atoms with E-state index in [1.165, 1.54) is 0 Å². The van der Waals surface area contributed by atoms with Crippen LogP contribution in [0.5, 0.6) is 0 Å². The van der Waals surface area contributed by atoms with Gasteiger partial charge in [0.1, 0.15) is 6.10 Å². The molecule has 3 aromatic rings. The van der Waals surface area contributed by atoms with Crippen LogP contribution in [0.1, 0.15) is 31.7 Å². The molecule has 6 nitrogen and oxygen atoms in total. The second-order valence-corrected chi connectivity index (χ2v) is 6.23. The number of benzene rings is 1. The van der Waals surface area contributed by atoms with Gasteiger partial charge in [-0.05, 0) is 19.4 Å². The first kappa shape index (κ1) is 16.7. The van der Waals surface area contributed by atoms with Gasteiger partial charge in [0.15, 0.2) is 11.0 Å². The van der Waals surface area contributed by atoms with Gasteiger partial charge in [-0.25, -0.2) is 4.98 Å². The van der Waals surface area contributed by atoms with Crippen LogP contribution < -0.4 is 0 Å². The first-order valence-electron chi connectivity index (χ1n) is 7.83. The zero-order chi connectivity index (χ0) is 16.9. The van der Waals surface area contributed by atoms with Gasteiger partial charge in [0.2, 0.25) is 5.89 Å². The third kappa shape index (κ3) is 3.68. The number of imidazole rings is 1. The number of thioether (sulfide) groups is 1. The minimum Gasteiger partial charge on any atom is -0.371 e. The highest BCUT2D eigenvalue weighted by atomic mass is 32.2. The maximum absolute atomic E-state index is 5.47. The second-order valence-electron chi connectivity index (χ2n) is 5.28. The summed E-state index contributed by atoms with van der Waals surface area (Å²) in [5.41, 5.74) is 2.22. The molecule has 24 heavy (non-hydrogen) atoms. The molecular weight excluding hydrogens is 324 g/mol. The molecule has 2 heterocycles. The van der Waals surface area contributed by atoms with Crippen molar-refractivity contribution in [2.75, 3.05) is 6.61 Å². The quantitative estimate of drug-likeness (QED) is 0.606. The number of nitrogens with zero attached hydrogens (tertiary/aromatic N) is 4. The molecule has 0 aliphatic heterocycles. The van der Waals surface area contributed by atoms with Crippen molar-refractivity contribution in [3.8, 4) is 11.3 Å². The summed E-state index contributed by atoms with van der Waals surface area (Å²) in [5.74, 6) is 1.73. The normalized spacial score (nSPS) is 12.5. The van der Waals surface area contributed by atoms with Gasteiger partial charge in [0.25, 0.3) is 0 Å². The molecule has 0 aliphatic carbocycles. The molecule has 1 aromatic carbocycles. The van der Waals surface area contributed by atoms with Gasteiger partial charge in [-0.2, -0.15) is 4.98 Å². The fraction of sp³-hybridized carbons (Fsp3) is 0.353. The zero-order valence-corrected chi connectivity index (χ0v) is 14.8. The smallest absolute Gasteiger partial charge is 0.237 e. The molecular formula is C17H20N4O2S. The van der Waals surface area contributed by atoms with Crippen LogP contribution in [0.2, 0.25) is 0 Å².